The zero-order valence-electron chi connectivity index (χ0n) is 11.3. The van der Waals surface area contributed by atoms with Crippen LogP contribution in [0.1, 0.15) is 44.2 Å². The van der Waals surface area contributed by atoms with Gasteiger partial charge in [0.25, 0.3) is 0 Å². The van der Waals surface area contributed by atoms with Gasteiger partial charge in [0.1, 0.15) is 5.82 Å². The highest BCUT2D eigenvalue weighted by atomic mass is 35.5. The summed E-state index contributed by atoms with van der Waals surface area (Å²) in [7, 11) is 0. The Kier molecular flexibility index (Phi) is 5.61. The molecule has 0 saturated carbocycles. The molecule has 0 radical (unpaired) electrons. The highest BCUT2D eigenvalue weighted by Gasteiger charge is 2.14. The van der Waals surface area contributed by atoms with Gasteiger partial charge in [0.05, 0.1) is 11.1 Å². The highest BCUT2D eigenvalue weighted by molar-refractivity contribution is 6.30. The summed E-state index contributed by atoms with van der Waals surface area (Å²) in [4.78, 5) is 0. The van der Waals surface area contributed by atoms with Gasteiger partial charge < -0.3 is 10.1 Å². The van der Waals surface area contributed by atoms with Gasteiger partial charge in [-0.3, -0.25) is 0 Å². The van der Waals surface area contributed by atoms with Crippen molar-refractivity contribution >= 4 is 11.6 Å². The van der Waals surface area contributed by atoms with E-state index in [0.717, 1.165) is 31.6 Å². The molecule has 1 aromatic carbocycles. The monoisotopic (exact) mass is 285 g/mol. The van der Waals surface area contributed by atoms with Crippen molar-refractivity contribution in [2.24, 2.45) is 0 Å². The highest BCUT2D eigenvalue weighted by Crippen LogP contribution is 2.20. The molecule has 0 aliphatic carbocycles. The number of hydrogen-bond acceptors (Lipinski definition) is 2. The minimum Gasteiger partial charge on any atom is -0.378 e. The maximum atomic E-state index is 13.4. The second-order valence-corrected chi connectivity index (χ2v) is 5.53. The van der Waals surface area contributed by atoms with Crippen molar-refractivity contribution in [1.82, 2.24) is 5.32 Å². The Bertz CT molecular complexity index is 407. The van der Waals surface area contributed by atoms with Crippen LogP contribution in [0.2, 0.25) is 5.02 Å². The van der Waals surface area contributed by atoms with Gasteiger partial charge in [-0.25, -0.2) is 4.39 Å². The minimum absolute atomic E-state index is 0.121. The number of nitrogens with one attached hydrogen (secondary N) is 1. The van der Waals surface area contributed by atoms with Gasteiger partial charge in [-0.05, 0) is 56.8 Å². The summed E-state index contributed by atoms with van der Waals surface area (Å²) in [6.07, 6.45) is 5.01. The van der Waals surface area contributed by atoms with Crippen LogP contribution in [0, 0.1) is 5.82 Å². The Morgan fingerprint density at radius 1 is 1.47 bits per heavy atom. The van der Waals surface area contributed by atoms with Crippen LogP contribution in [0.15, 0.2) is 18.2 Å². The van der Waals surface area contributed by atoms with E-state index in [9.17, 15) is 4.39 Å². The lowest BCUT2D eigenvalue weighted by atomic mass is 10.1. The predicted molar refractivity (Wildman–Crippen MR) is 76.0 cm³/mol. The number of ether oxygens (including phenoxy) is 1. The van der Waals surface area contributed by atoms with Crippen molar-refractivity contribution in [3.63, 3.8) is 0 Å². The summed E-state index contributed by atoms with van der Waals surface area (Å²) in [5, 5.41) is 3.58. The summed E-state index contributed by atoms with van der Waals surface area (Å²) in [5.74, 6) is -0.358. The molecule has 1 aliphatic heterocycles. The predicted octanol–water partition coefficient (Wildman–Crippen LogP) is 4.09. The molecule has 106 valence electrons. The lowest BCUT2D eigenvalue weighted by molar-refractivity contribution is 0.0112. The van der Waals surface area contributed by atoms with Gasteiger partial charge in [-0.1, -0.05) is 17.7 Å². The summed E-state index contributed by atoms with van der Waals surface area (Å²) in [5.41, 5.74) is 0.923. The Hall–Kier alpha value is -0.640. The van der Waals surface area contributed by atoms with Crippen LogP contribution in [0.3, 0.4) is 0 Å². The van der Waals surface area contributed by atoms with E-state index in [0.29, 0.717) is 6.10 Å². The quantitative estimate of drug-likeness (QED) is 0.880. The normalized spacial score (nSPS) is 21.3. The molecular weight excluding hydrogens is 265 g/mol. The molecule has 1 fully saturated rings. The van der Waals surface area contributed by atoms with Crippen LogP contribution in [0.25, 0.3) is 0 Å². The first-order chi connectivity index (χ1) is 9.16. The molecule has 0 bridgehead atoms. The van der Waals surface area contributed by atoms with Crippen molar-refractivity contribution in [2.45, 2.75) is 44.8 Å². The number of rotatable bonds is 5. The van der Waals surface area contributed by atoms with Crippen LogP contribution < -0.4 is 5.32 Å². The molecule has 0 spiro atoms. The van der Waals surface area contributed by atoms with Gasteiger partial charge in [0, 0.05) is 12.6 Å². The summed E-state index contributed by atoms with van der Waals surface area (Å²) >= 11 is 5.68. The Morgan fingerprint density at radius 2 is 2.32 bits per heavy atom. The van der Waals surface area contributed by atoms with Crippen molar-refractivity contribution in [2.75, 3.05) is 13.2 Å². The number of hydrogen-bond donors (Lipinski definition) is 1. The second-order valence-electron chi connectivity index (χ2n) is 5.13. The van der Waals surface area contributed by atoms with Crippen LogP contribution in [-0.2, 0) is 4.74 Å². The van der Waals surface area contributed by atoms with Crippen molar-refractivity contribution < 1.29 is 9.13 Å². The lowest BCUT2D eigenvalue weighted by Crippen LogP contribution is -2.27. The van der Waals surface area contributed by atoms with Crippen LogP contribution in [0.5, 0.6) is 0 Å². The average Bonchev–Trinajstić information content (AvgIpc) is 2.43. The van der Waals surface area contributed by atoms with E-state index in [1.807, 2.05) is 13.0 Å². The fourth-order valence-corrected chi connectivity index (χ4v) is 2.51. The zero-order valence-corrected chi connectivity index (χ0v) is 12.0. The molecule has 1 saturated heterocycles. The van der Waals surface area contributed by atoms with E-state index in [1.165, 1.54) is 18.9 Å². The molecule has 0 amide bonds. The molecule has 2 nitrogen and oxygen atoms in total. The summed E-state index contributed by atoms with van der Waals surface area (Å²) < 4.78 is 19.1. The maximum absolute atomic E-state index is 13.4. The third-order valence-electron chi connectivity index (χ3n) is 3.63. The molecule has 4 heteroatoms. The van der Waals surface area contributed by atoms with E-state index < -0.39 is 0 Å². The molecule has 2 rings (SSSR count). The van der Waals surface area contributed by atoms with Crippen LogP contribution in [0.4, 0.5) is 4.39 Å². The molecule has 1 heterocycles. The second kappa shape index (κ2) is 7.22. The van der Waals surface area contributed by atoms with E-state index in [2.05, 4.69) is 5.32 Å². The molecule has 1 N–H and O–H groups in total. The smallest absolute Gasteiger partial charge is 0.142 e. The molecule has 0 aromatic heterocycles. The van der Waals surface area contributed by atoms with E-state index in [1.54, 1.807) is 6.07 Å². The van der Waals surface area contributed by atoms with Gasteiger partial charge >= 0.3 is 0 Å². The Balaban J connectivity index is 1.76. The van der Waals surface area contributed by atoms with E-state index >= 15 is 0 Å². The standard InChI is InChI=1S/C15H21ClFNO/c1-11(12-5-6-14(16)15(17)10-12)18-8-7-13-4-2-3-9-19-13/h5-6,10-11,13,18H,2-4,7-9H2,1H3. The molecular formula is C15H21ClFNO. The maximum Gasteiger partial charge on any atom is 0.142 e. The fourth-order valence-electron chi connectivity index (χ4n) is 2.40. The fraction of sp³-hybridized carbons (Fsp3) is 0.600. The van der Waals surface area contributed by atoms with E-state index in [-0.39, 0.29) is 16.9 Å². The topological polar surface area (TPSA) is 21.3 Å². The van der Waals surface area contributed by atoms with Gasteiger partial charge in [-0.15, -0.1) is 0 Å². The van der Waals surface area contributed by atoms with Crippen molar-refractivity contribution in [3.05, 3.63) is 34.6 Å². The third-order valence-corrected chi connectivity index (χ3v) is 3.94. The Morgan fingerprint density at radius 3 is 3.00 bits per heavy atom. The summed E-state index contributed by atoms with van der Waals surface area (Å²) in [6, 6.07) is 5.08. The minimum atomic E-state index is -0.358. The SMILES string of the molecule is CC(NCCC1CCCCO1)c1ccc(Cl)c(F)c1. The lowest BCUT2D eigenvalue weighted by Gasteiger charge is -2.23. The van der Waals surface area contributed by atoms with Gasteiger partial charge in [-0.2, -0.15) is 0 Å². The van der Waals surface area contributed by atoms with Gasteiger partial charge in [0.2, 0.25) is 0 Å². The van der Waals surface area contributed by atoms with Gasteiger partial charge in [0.15, 0.2) is 0 Å². The molecule has 1 aromatic rings. The Labute approximate surface area is 119 Å². The average molecular weight is 286 g/mol. The molecule has 2 unspecified atom stereocenters. The first-order valence-electron chi connectivity index (χ1n) is 6.97. The first-order valence-corrected chi connectivity index (χ1v) is 7.34. The summed E-state index contributed by atoms with van der Waals surface area (Å²) in [6.45, 7) is 3.81. The number of halogens is 2. The molecule has 1 aliphatic rings. The van der Waals surface area contributed by atoms with E-state index in [4.69, 9.17) is 16.3 Å². The van der Waals surface area contributed by atoms with Crippen LogP contribution >= 0.6 is 11.6 Å². The molecule has 2 atom stereocenters. The van der Waals surface area contributed by atoms with Crippen LogP contribution in [-0.4, -0.2) is 19.3 Å². The number of benzene rings is 1. The van der Waals surface area contributed by atoms with Crippen molar-refractivity contribution in [3.8, 4) is 0 Å². The zero-order chi connectivity index (χ0) is 13.7. The first kappa shape index (κ1) is 14.8. The largest absolute Gasteiger partial charge is 0.378 e. The van der Waals surface area contributed by atoms with Crippen molar-refractivity contribution in [1.29, 1.82) is 0 Å². The molecule has 19 heavy (non-hydrogen) atoms. The third kappa shape index (κ3) is 4.44.